The van der Waals surface area contributed by atoms with E-state index in [-0.39, 0.29) is 12.4 Å². The van der Waals surface area contributed by atoms with Crippen LogP contribution in [0.3, 0.4) is 0 Å². The van der Waals surface area contributed by atoms with E-state index < -0.39 is 16.7 Å². The number of rotatable bonds is 16. The third-order valence-corrected chi connectivity index (χ3v) is 8.69. The molecule has 202 valence electrons. The van der Waals surface area contributed by atoms with Gasteiger partial charge in [-0.15, -0.1) is 0 Å². The predicted molar refractivity (Wildman–Crippen MR) is 145 cm³/mol. The van der Waals surface area contributed by atoms with Crippen molar-refractivity contribution in [1.82, 2.24) is 5.32 Å². The third-order valence-electron chi connectivity index (χ3n) is 6.75. The summed E-state index contributed by atoms with van der Waals surface area (Å²) in [6.45, 7) is 2.55. The standard InChI is InChI=1S/C28H43NO6S/c30-21-25-19-24(12-13-26(25)31)27(32)20-29-14-4-1-2-5-15-35-16-6-3-8-22-10-11-23-9-7-17-36(33,34)28(23)18-22/h10-13,18-19,27,29-34H,1-9,14-17,20-21H2/t27-/m0/s1. The molecule has 0 amide bonds. The number of ether oxygens (including phenoxy) is 1. The van der Waals surface area contributed by atoms with E-state index in [0.717, 1.165) is 88.0 Å². The molecule has 0 aromatic heterocycles. The van der Waals surface area contributed by atoms with Crippen LogP contribution in [0.1, 0.15) is 73.3 Å². The van der Waals surface area contributed by atoms with Crippen LogP contribution in [0.2, 0.25) is 0 Å². The van der Waals surface area contributed by atoms with Gasteiger partial charge in [0.05, 0.1) is 17.6 Å². The molecule has 0 aliphatic carbocycles. The number of aryl methyl sites for hydroxylation is 2. The SMILES string of the molecule is OCc1cc([C@@H](O)CNCCCCCCOCCCCc2ccc3c(c2)S(O)(O)CCC3)ccc1O. The number of fused-ring (bicyclic) bond motifs is 1. The molecule has 3 rings (SSSR count). The Hall–Kier alpha value is -1.65. The van der Waals surface area contributed by atoms with E-state index in [0.29, 0.717) is 23.4 Å². The monoisotopic (exact) mass is 521 g/mol. The summed E-state index contributed by atoms with van der Waals surface area (Å²) in [5.74, 6) is 0.532. The number of hydrogen-bond acceptors (Lipinski definition) is 7. The van der Waals surface area contributed by atoms with Crippen LogP contribution in [0.25, 0.3) is 0 Å². The molecule has 2 aromatic rings. The topological polar surface area (TPSA) is 122 Å². The van der Waals surface area contributed by atoms with E-state index in [4.69, 9.17) is 4.74 Å². The number of aliphatic hydroxyl groups is 2. The number of unbranched alkanes of at least 4 members (excludes halogenated alkanes) is 4. The molecule has 0 spiro atoms. The number of nitrogens with one attached hydrogen (secondary N) is 1. The lowest BCUT2D eigenvalue weighted by molar-refractivity contribution is 0.126. The lowest BCUT2D eigenvalue weighted by Crippen LogP contribution is -2.22. The molecule has 0 fully saturated rings. The highest BCUT2D eigenvalue weighted by atomic mass is 32.3. The zero-order valence-corrected chi connectivity index (χ0v) is 22.0. The zero-order chi connectivity index (χ0) is 25.8. The summed E-state index contributed by atoms with van der Waals surface area (Å²) in [4.78, 5) is 0.767. The summed E-state index contributed by atoms with van der Waals surface area (Å²) in [6, 6.07) is 11.0. The van der Waals surface area contributed by atoms with Gasteiger partial charge in [0.25, 0.3) is 0 Å². The Morgan fingerprint density at radius 1 is 0.944 bits per heavy atom. The molecule has 36 heavy (non-hydrogen) atoms. The van der Waals surface area contributed by atoms with Gasteiger partial charge in [0.15, 0.2) is 0 Å². The Bertz CT molecular complexity index is 938. The van der Waals surface area contributed by atoms with E-state index >= 15 is 0 Å². The van der Waals surface area contributed by atoms with E-state index in [9.17, 15) is 24.4 Å². The summed E-state index contributed by atoms with van der Waals surface area (Å²) in [7, 11) is -2.59. The summed E-state index contributed by atoms with van der Waals surface area (Å²) >= 11 is 0. The molecule has 7 nitrogen and oxygen atoms in total. The van der Waals surface area contributed by atoms with Crippen molar-refractivity contribution in [2.45, 2.75) is 75.4 Å². The Kier molecular flexibility index (Phi) is 12.0. The zero-order valence-electron chi connectivity index (χ0n) is 21.2. The molecule has 2 aromatic carbocycles. The predicted octanol–water partition coefficient (Wildman–Crippen LogP) is 5.16. The number of aliphatic hydroxyl groups excluding tert-OH is 2. The van der Waals surface area contributed by atoms with Gasteiger partial charge in [-0.25, -0.2) is 0 Å². The maximum atomic E-state index is 10.3. The smallest absolute Gasteiger partial charge is 0.121 e. The molecule has 0 saturated carbocycles. The van der Waals surface area contributed by atoms with Gasteiger partial charge in [-0.2, -0.15) is 10.6 Å². The largest absolute Gasteiger partial charge is 0.508 e. The molecule has 0 saturated heterocycles. The maximum Gasteiger partial charge on any atom is 0.121 e. The van der Waals surface area contributed by atoms with Crippen LogP contribution in [0, 0.1) is 0 Å². The van der Waals surface area contributed by atoms with Crippen molar-refractivity contribution in [2.75, 3.05) is 32.1 Å². The lowest BCUT2D eigenvalue weighted by atomic mass is 10.0. The summed E-state index contributed by atoms with van der Waals surface area (Å²) in [5, 5.41) is 32.4. The van der Waals surface area contributed by atoms with Crippen LogP contribution in [0.4, 0.5) is 0 Å². The van der Waals surface area contributed by atoms with Crippen molar-refractivity contribution in [1.29, 1.82) is 0 Å². The number of benzene rings is 2. The van der Waals surface area contributed by atoms with Gasteiger partial charge in [0.1, 0.15) is 5.75 Å². The van der Waals surface area contributed by atoms with Crippen molar-refractivity contribution in [3.63, 3.8) is 0 Å². The minimum absolute atomic E-state index is 0.0408. The van der Waals surface area contributed by atoms with Gasteiger partial charge < -0.3 is 25.4 Å². The number of aromatic hydroxyl groups is 1. The highest BCUT2D eigenvalue weighted by Gasteiger charge is 2.24. The second-order valence-corrected chi connectivity index (χ2v) is 11.8. The maximum absolute atomic E-state index is 10.3. The summed E-state index contributed by atoms with van der Waals surface area (Å²) < 4.78 is 26.4. The Labute approximate surface area is 216 Å². The Balaban J connectivity index is 1.15. The highest BCUT2D eigenvalue weighted by Crippen LogP contribution is 2.53. The van der Waals surface area contributed by atoms with Crippen molar-refractivity contribution >= 4 is 10.6 Å². The van der Waals surface area contributed by atoms with Gasteiger partial charge in [0, 0.05) is 31.1 Å². The molecular formula is C28H43NO6S. The first-order valence-electron chi connectivity index (χ1n) is 13.2. The van der Waals surface area contributed by atoms with Crippen LogP contribution >= 0.6 is 10.6 Å². The first-order chi connectivity index (χ1) is 17.4. The lowest BCUT2D eigenvalue weighted by Gasteiger charge is -2.38. The van der Waals surface area contributed by atoms with Crippen LogP contribution in [0.5, 0.6) is 5.75 Å². The molecule has 0 bridgehead atoms. The molecular weight excluding hydrogens is 478 g/mol. The first-order valence-corrected chi connectivity index (χ1v) is 14.9. The fourth-order valence-electron chi connectivity index (χ4n) is 4.58. The van der Waals surface area contributed by atoms with Crippen LogP contribution in [0.15, 0.2) is 41.3 Å². The van der Waals surface area contributed by atoms with Crippen LogP contribution in [-0.4, -0.2) is 56.5 Å². The van der Waals surface area contributed by atoms with Crippen LogP contribution < -0.4 is 5.32 Å². The third kappa shape index (κ3) is 9.03. The number of hydrogen-bond donors (Lipinski definition) is 6. The van der Waals surface area contributed by atoms with Crippen molar-refractivity contribution in [3.05, 3.63) is 58.7 Å². The molecule has 8 heteroatoms. The molecule has 6 N–H and O–H groups in total. The molecule has 1 heterocycles. The molecule has 1 aliphatic rings. The number of phenols is 1. The van der Waals surface area contributed by atoms with Gasteiger partial charge in [0.2, 0.25) is 0 Å². The van der Waals surface area contributed by atoms with E-state index in [1.807, 2.05) is 6.07 Å². The van der Waals surface area contributed by atoms with Crippen molar-refractivity contribution in [2.24, 2.45) is 0 Å². The quantitative estimate of drug-likeness (QED) is 0.169. The van der Waals surface area contributed by atoms with Crippen molar-refractivity contribution < 1.29 is 29.2 Å². The van der Waals surface area contributed by atoms with E-state index in [1.54, 1.807) is 12.1 Å². The Morgan fingerprint density at radius 3 is 2.53 bits per heavy atom. The fraction of sp³-hybridized carbons (Fsp3) is 0.571. The van der Waals surface area contributed by atoms with Crippen LogP contribution in [-0.2, 0) is 24.2 Å². The molecule has 1 atom stereocenters. The van der Waals surface area contributed by atoms with E-state index in [2.05, 4.69) is 17.4 Å². The molecule has 0 radical (unpaired) electrons. The summed E-state index contributed by atoms with van der Waals surface area (Å²) in [5.41, 5.74) is 3.37. The normalized spacial score (nSPS) is 16.4. The second kappa shape index (κ2) is 14.9. The second-order valence-electron chi connectivity index (χ2n) is 9.67. The Morgan fingerprint density at radius 2 is 1.72 bits per heavy atom. The fourth-order valence-corrected chi connectivity index (χ4v) is 6.28. The van der Waals surface area contributed by atoms with Gasteiger partial charge in [-0.3, -0.25) is 9.11 Å². The van der Waals surface area contributed by atoms with Crippen molar-refractivity contribution in [3.8, 4) is 5.75 Å². The summed E-state index contributed by atoms with van der Waals surface area (Å²) in [6.07, 6.45) is 8.38. The average Bonchev–Trinajstić information content (AvgIpc) is 2.87. The molecule has 1 aliphatic heterocycles. The minimum Gasteiger partial charge on any atom is -0.508 e. The highest BCUT2D eigenvalue weighted by molar-refractivity contribution is 8.24. The average molecular weight is 522 g/mol. The molecule has 0 unspecified atom stereocenters. The van der Waals surface area contributed by atoms with E-state index in [1.165, 1.54) is 11.6 Å². The van der Waals surface area contributed by atoms with Gasteiger partial charge >= 0.3 is 0 Å². The van der Waals surface area contributed by atoms with Gasteiger partial charge in [-0.1, -0.05) is 31.0 Å². The first kappa shape index (κ1) is 28.9. The van der Waals surface area contributed by atoms with Gasteiger partial charge in [-0.05, 0) is 86.4 Å². The minimum atomic E-state index is -2.59.